The number of aryl methyl sites for hydroxylation is 1. The fourth-order valence-electron chi connectivity index (χ4n) is 6.28. The number of carbonyl (C=O) groups excluding carboxylic acids is 3. The zero-order valence-corrected chi connectivity index (χ0v) is 18.2. The van der Waals surface area contributed by atoms with Gasteiger partial charge < -0.3 is 5.32 Å². The first kappa shape index (κ1) is 19.3. The van der Waals surface area contributed by atoms with Gasteiger partial charge in [0.2, 0.25) is 17.7 Å². The van der Waals surface area contributed by atoms with Crippen molar-refractivity contribution in [3.8, 4) is 0 Å². The summed E-state index contributed by atoms with van der Waals surface area (Å²) in [7, 11) is 0. The zero-order chi connectivity index (χ0) is 21.7. The summed E-state index contributed by atoms with van der Waals surface area (Å²) in [6, 6.07) is 10.3. The molecule has 3 saturated heterocycles. The first-order valence-corrected chi connectivity index (χ1v) is 11.1. The standard InChI is InChI=1S/C23H19Cl2N3O3/c1-11-4-2-5-13-19(11)26-22(31)23(13)18-17(16-6-3-9-27(16)23)20(29)28(21(18)30)15-8-7-12(24)10-14(15)25/h2,4-5,7-8,10,16-18H,3,6,9H2,1H3,(H,26,31)/t16-,17-,18-,23-/m0/s1. The minimum atomic E-state index is -1.17. The van der Waals surface area contributed by atoms with E-state index < -0.39 is 17.4 Å². The third-order valence-electron chi connectivity index (χ3n) is 7.39. The van der Waals surface area contributed by atoms with Crippen molar-refractivity contribution in [1.82, 2.24) is 4.90 Å². The van der Waals surface area contributed by atoms with Crippen molar-refractivity contribution < 1.29 is 14.4 Å². The third-order valence-corrected chi connectivity index (χ3v) is 7.92. The zero-order valence-electron chi connectivity index (χ0n) is 16.7. The van der Waals surface area contributed by atoms with E-state index in [2.05, 4.69) is 10.2 Å². The average Bonchev–Trinajstić information content (AvgIpc) is 3.42. The number of halogens is 2. The van der Waals surface area contributed by atoms with Crippen molar-refractivity contribution in [3.05, 3.63) is 57.6 Å². The monoisotopic (exact) mass is 455 g/mol. The van der Waals surface area contributed by atoms with E-state index in [1.54, 1.807) is 12.1 Å². The van der Waals surface area contributed by atoms with Crippen molar-refractivity contribution in [1.29, 1.82) is 0 Å². The molecule has 1 N–H and O–H groups in total. The molecule has 0 aromatic heterocycles. The topological polar surface area (TPSA) is 69.7 Å². The highest BCUT2D eigenvalue weighted by Gasteiger charge is 2.74. The fourth-order valence-corrected chi connectivity index (χ4v) is 6.77. The van der Waals surface area contributed by atoms with E-state index in [9.17, 15) is 14.4 Å². The molecule has 3 fully saturated rings. The molecule has 31 heavy (non-hydrogen) atoms. The van der Waals surface area contributed by atoms with Crippen molar-refractivity contribution in [2.24, 2.45) is 11.8 Å². The van der Waals surface area contributed by atoms with Crippen LogP contribution in [0.15, 0.2) is 36.4 Å². The molecule has 2 aromatic rings. The van der Waals surface area contributed by atoms with Crippen LogP contribution in [0.2, 0.25) is 10.0 Å². The Labute approximate surface area is 189 Å². The lowest BCUT2D eigenvalue weighted by molar-refractivity contribution is -0.135. The second-order valence-electron chi connectivity index (χ2n) is 8.73. The van der Waals surface area contributed by atoms with Crippen LogP contribution in [-0.4, -0.2) is 35.2 Å². The summed E-state index contributed by atoms with van der Waals surface area (Å²) in [6.45, 7) is 2.62. The van der Waals surface area contributed by atoms with Gasteiger partial charge in [-0.05, 0) is 50.1 Å². The van der Waals surface area contributed by atoms with Crippen LogP contribution in [0.25, 0.3) is 0 Å². The Morgan fingerprint density at radius 2 is 1.90 bits per heavy atom. The maximum atomic E-state index is 13.9. The number of carbonyl (C=O) groups is 3. The van der Waals surface area contributed by atoms with Crippen LogP contribution in [-0.2, 0) is 19.9 Å². The highest BCUT2D eigenvalue weighted by atomic mass is 35.5. The van der Waals surface area contributed by atoms with E-state index in [1.807, 2.05) is 25.1 Å². The number of anilines is 2. The number of hydrogen-bond donors (Lipinski definition) is 1. The number of nitrogens with zero attached hydrogens (tertiary/aromatic N) is 2. The van der Waals surface area contributed by atoms with Crippen LogP contribution in [0.4, 0.5) is 11.4 Å². The van der Waals surface area contributed by atoms with Crippen molar-refractivity contribution in [2.75, 3.05) is 16.8 Å². The van der Waals surface area contributed by atoms with Crippen LogP contribution in [0.3, 0.4) is 0 Å². The summed E-state index contributed by atoms with van der Waals surface area (Å²) < 4.78 is 0. The van der Waals surface area contributed by atoms with Crippen molar-refractivity contribution in [2.45, 2.75) is 31.3 Å². The smallest absolute Gasteiger partial charge is 0.250 e. The van der Waals surface area contributed by atoms with Gasteiger partial charge in [-0.15, -0.1) is 0 Å². The molecule has 6 rings (SSSR count). The lowest BCUT2D eigenvalue weighted by Crippen LogP contribution is -2.54. The summed E-state index contributed by atoms with van der Waals surface area (Å²) in [5, 5.41) is 3.68. The molecule has 0 unspecified atom stereocenters. The average molecular weight is 456 g/mol. The van der Waals surface area contributed by atoms with Crippen LogP contribution < -0.4 is 10.2 Å². The molecule has 8 heteroatoms. The molecule has 3 amide bonds. The van der Waals surface area contributed by atoms with Gasteiger partial charge in [0.15, 0.2) is 0 Å². The van der Waals surface area contributed by atoms with Crippen LogP contribution >= 0.6 is 23.2 Å². The Hall–Kier alpha value is -2.41. The third kappa shape index (κ3) is 2.20. The molecule has 1 spiro atoms. The van der Waals surface area contributed by atoms with Crippen LogP contribution in [0.5, 0.6) is 0 Å². The van der Waals surface area contributed by atoms with Gasteiger partial charge in [-0.25, -0.2) is 4.90 Å². The molecule has 0 saturated carbocycles. The second kappa shape index (κ2) is 6.31. The molecule has 158 valence electrons. The lowest BCUT2D eigenvalue weighted by Gasteiger charge is -2.36. The van der Waals surface area contributed by atoms with Gasteiger partial charge in [0.05, 0.1) is 22.5 Å². The SMILES string of the molecule is Cc1cccc2c1NC(=O)[C@@]21[C@@H]2C(=O)N(c3ccc(Cl)cc3Cl)C(=O)[C@H]2[C@@H]2CCCN21. The lowest BCUT2D eigenvalue weighted by atomic mass is 9.75. The van der Waals surface area contributed by atoms with Gasteiger partial charge in [0.1, 0.15) is 5.54 Å². The molecule has 6 nitrogen and oxygen atoms in total. The normalized spacial score (nSPS) is 31.4. The van der Waals surface area contributed by atoms with Gasteiger partial charge >= 0.3 is 0 Å². The fraction of sp³-hybridized carbons (Fsp3) is 0.348. The minimum absolute atomic E-state index is 0.158. The van der Waals surface area contributed by atoms with Crippen molar-refractivity contribution >= 4 is 52.3 Å². The predicted molar refractivity (Wildman–Crippen MR) is 117 cm³/mol. The Kier molecular flexibility index (Phi) is 3.93. The number of imide groups is 1. The van der Waals surface area contributed by atoms with Crippen LogP contribution in [0.1, 0.15) is 24.0 Å². The number of benzene rings is 2. The van der Waals surface area contributed by atoms with E-state index >= 15 is 0 Å². The second-order valence-corrected chi connectivity index (χ2v) is 9.58. The molecular weight excluding hydrogens is 437 g/mol. The Morgan fingerprint density at radius 3 is 2.68 bits per heavy atom. The molecule has 0 aliphatic carbocycles. The number of hydrogen-bond acceptors (Lipinski definition) is 4. The van der Waals surface area contributed by atoms with Crippen molar-refractivity contribution in [3.63, 3.8) is 0 Å². The maximum Gasteiger partial charge on any atom is 0.250 e. The molecule has 0 bridgehead atoms. The highest BCUT2D eigenvalue weighted by Crippen LogP contribution is 2.61. The quantitative estimate of drug-likeness (QED) is 0.665. The molecule has 2 aromatic carbocycles. The number of para-hydroxylation sites is 1. The van der Waals surface area contributed by atoms with Gasteiger partial charge in [-0.2, -0.15) is 0 Å². The van der Waals surface area contributed by atoms with Gasteiger partial charge in [0, 0.05) is 22.3 Å². The van der Waals surface area contributed by atoms with Crippen LogP contribution in [0, 0.1) is 18.8 Å². The minimum Gasteiger partial charge on any atom is -0.324 e. The first-order valence-electron chi connectivity index (χ1n) is 10.4. The Balaban J connectivity index is 1.57. The predicted octanol–water partition coefficient (Wildman–Crippen LogP) is 3.73. The summed E-state index contributed by atoms with van der Waals surface area (Å²) in [6.07, 6.45) is 1.66. The molecular formula is C23H19Cl2N3O3. The number of amides is 3. The van der Waals surface area contributed by atoms with E-state index in [-0.39, 0.29) is 28.8 Å². The number of fused-ring (bicyclic) bond motifs is 7. The molecule has 4 atom stereocenters. The van der Waals surface area contributed by atoms with E-state index in [0.717, 1.165) is 29.7 Å². The number of rotatable bonds is 1. The Bertz CT molecular complexity index is 1200. The molecule has 0 radical (unpaired) electrons. The van der Waals surface area contributed by atoms with Gasteiger partial charge in [-0.3, -0.25) is 19.3 Å². The summed E-state index contributed by atoms with van der Waals surface area (Å²) in [5.41, 5.74) is 1.63. The highest BCUT2D eigenvalue weighted by molar-refractivity contribution is 6.38. The van der Waals surface area contributed by atoms with E-state index in [4.69, 9.17) is 23.2 Å². The first-order chi connectivity index (χ1) is 14.9. The van der Waals surface area contributed by atoms with E-state index in [0.29, 0.717) is 17.3 Å². The van der Waals surface area contributed by atoms with Gasteiger partial charge in [0.25, 0.3) is 0 Å². The maximum absolute atomic E-state index is 13.9. The molecule has 4 heterocycles. The summed E-state index contributed by atoms with van der Waals surface area (Å²) in [4.78, 5) is 44.4. The van der Waals surface area contributed by atoms with E-state index in [1.165, 1.54) is 11.0 Å². The summed E-state index contributed by atoms with van der Waals surface area (Å²) in [5.74, 6) is -2.26. The largest absolute Gasteiger partial charge is 0.324 e. The Morgan fingerprint density at radius 1 is 1.10 bits per heavy atom. The summed E-state index contributed by atoms with van der Waals surface area (Å²) >= 11 is 12.4. The molecule has 4 aliphatic heterocycles. The number of nitrogens with one attached hydrogen (secondary N) is 1. The van der Waals surface area contributed by atoms with Gasteiger partial charge in [-0.1, -0.05) is 41.4 Å². The molecule has 4 aliphatic rings.